The maximum atomic E-state index is 12.9. The number of thioether (sulfide) groups is 1. The first-order chi connectivity index (χ1) is 17.7. The van der Waals surface area contributed by atoms with Gasteiger partial charge in [-0.1, -0.05) is 47.5 Å². The summed E-state index contributed by atoms with van der Waals surface area (Å²) >= 11 is 16.4. The van der Waals surface area contributed by atoms with Crippen molar-refractivity contribution >= 4 is 79.7 Å². The molecule has 0 radical (unpaired) electrons. The zero-order chi connectivity index (χ0) is 26.5. The van der Waals surface area contributed by atoms with Crippen LogP contribution in [0, 0.1) is 0 Å². The van der Waals surface area contributed by atoms with E-state index in [1.807, 2.05) is 0 Å². The van der Waals surface area contributed by atoms with Crippen LogP contribution < -0.4 is 14.8 Å². The summed E-state index contributed by atoms with van der Waals surface area (Å²) in [5.41, 5.74) is 1.90. The summed E-state index contributed by atoms with van der Waals surface area (Å²) in [7, 11) is 1.48. The molecule has 7 nitrogen and oxygen atoms in total. The number of carbonyl (C=O) groups excluding carboxylic acids is 3. The molecule has 1 saturated heterocycles. The number of nitrogens with one attached hydrogen (secondary N) is 1. The first-order valence-electron chi connectivity index (χ1n) is 10.8. The maximum Gasteiger partial charge on any atom is 0.294 e. The second kappa shape index (κ2) is 12.0. The van der Waals surface area contributed by atoms with E-state index in [0.717, 1.165) is 22.2 Å². The molecule has 1 N–H and O–H groups in total. The van der Waals surface area contributed by atoms with Crippen molar-refractivity contribution in [1.29, 1.82) is 0 Å². The van der Waals surface area contributed by atoms with E-state index < -0.39 is 23.6 Å². The van der Waals surface area contributed by atoms with Crippen molar-refractivity contribution in [2.45, 2.75) is 6.61 Å². The van der Waals surface area contributed by atoms with Gasteiger partial charge in [-0.15, -0.1) is 0 Å². The Bertz CT molecular complexity index is 1420. The van der Waals surface area contributed by atoms with Gasteiger partial charge < -0.3 is 14.8 Å². The maximum absolute atomic E-state index is 12.9. The van der Waals surface area contributed by atoms with Crippen LogP contribution in [0.25, 0.3) is 6.08 Å². The molecule has 0 atom stereocenters. The highest BCUT2D eigenvalue weighted by molar-refractivity contribution is 9.10. The second-order valence-corrected chi connectivity index (χ2v) is 10.4. The molecule has 0 saturated carbocycles. The van der Waals surface area contributed by atoms with Crippen molar-refractivity contribution in [3.63, 3.8) is 0 Å². The largest absolute Gasteiger partial charge is 0.495 e. The lowest BCUT2D eigenvalue weighted by molar-refractivity contribution is -0.127. The van der Waals surface area contributed by atoms with Gasteiger partial charge in [0.25, 0.3) is 11.1 Å². The lowest BCUT2D eigenvalue weighted by Crippen LogP contribution is -2.36. The number of halogens is 3. The molecule has 3 aromatic carbocycles. The second-order valence-electron chi connectivity index (χ2n) is 7.73. The first kappa shape index (κ1) is 27.1. The van der Waals surface area contributed by atoms with Gasteiger partial charge in [-0.2, -0.15) is 0 Å². The molecule has 1 aliphatic heterocycles. The predicted molar refractivity (Wildman–Crippen MR) is 149 cm³/mol. The Labute approximate surface area is 235 Å². The number of imide groups is 1. The number of rotatable bonds is 8. The Morgan fingerprint density at radius 2 is 1.86 bits per heavy atom. The molecule has 3 aromatic rings. The number of carbonyl (C=O) groups is 3. The van der Waals surface area contributed by atoms with Crippen LogP contribution in [-0.2, 0) is 16.2 Å². The van der Waals surface area contributed by atoms with Gasteiger partial charge >= 0.3 is 0 Å². The van der Waals surface area contributed by atoms with Crippen LogP contribution in [0.3, 0.4) is 0 Å². The minimum Gasteiger partial charge on any atom is -0.495 e. The Kier molecular flexibility index (Phi) is 8.81. The number of nitrogens with zero attached hydrogens (tertiary/aromatic N) is 1. The Morgan fingerprint density at radius 1 is 1.08 bits per heavy atom. The number of para-hydroxylation sites is 2. The lowest BCUT2D eigenvalue weighted by atomic mass is 10.2. The Balaban J connectivity index is 1.41. The topological polar surface area (TPSA) is 84.9 Å². The third-order valence-corrected chi connectivity index (χ3v) is 7.32. The molecule has 1 aliphatic rings. The van der Waals surface area contributed by atoms with Gasteiger partial charge in [0.2, 0.25) is 5.91 Å². The molecular weight excluding hydrogens is 603 g/mol. The summed E-state index contributed by atoms with van der Waals surface area (Å²) in [6.07, 6.45) is 1.59. The highest BCUT2D eigenvalue weighted by Gasteiger charge is 2.36. The molecule has 37 heavy (non-hydrogen) atoms. The minimum absolute atomic E-state index is 0.212. The fourth-order valence-electron chi connectivity index (χ4n) is 3.39. The average molecular weight is 622 g/mol. The molecule has 0 bridgehead atoms. The number of methoxy groups -OCH3 is 1. The number of amides is 3. The molecule has 1 fully saturated rings. The summed E-state index contributed by atoms with van der Waals surface area (Å²) in [5, 5.41) is 3.19. The fourth-order valence-corrected chi connectivity index (χ4v) is 5.20. The highest BCUT2D eigenvalue weighted by Crippen LogP contribution is 2.34. The monoisotopic (exact) mass is 620 g/mol. The van der Waals surface area contributed by atoms with Crippen LogP contribution in [-0.4, -0.2) is 35.6 Å². The van der Waals surface area contributed by atoms with Crippen LogP contribution >= 0.6 is 50.9 Å². The number of ether oxygens (including phenoxy) is 2. The molecule has 0 aromatic heterocycles. The van der Waals surface area contributed by atoms with E-state index in [1.165, 1.54) is 7.11 Å². The first-order valence-corrected chi connectivity index (χ1v) is 13.2. The summed E-state index contributed by atoms with van der Waals surface area (Å²) in [6, 6.07) is 17.3. The van der Waals surface area contributed by atoms with E-state index in [4.69, 9.17) is 32.7 Å². The highest BCUT2D eigenvalue weighted by atomic mass is 79.9. The summed E-state index contributed by atoms with van der Waals surface area (Å²) in [4.78, 5) is 38.9. The number of benzene rings is 3. The summed E-state index contributed by atoms with van der Waals surface area (Å²) in [5.74, 6) is -0.0134. The smallest absolute Gasteiger partial charge is 0.294 e. The molecule has 0 unspecified atom stereocenters. The number of anilines is 1. The zero-order valence-electron chi connectivity index (χ0n) is 19.3. The normalized spacial score (nSPS) is 14.3. The van der Waals surface area contributed by atoms with E-state index in [-0.39, 0.29) is 11.5 Å². The van der Waals surface area contributed by atoms with E-state index >= 15 is 0 Å². The quantitative estimate of drug-likeness (QED) is 0.272. The van der Waals surface area contributed by atoms with Gasteiger partial charge in [-0.3, -0.25) is 19.3 Å². The van der Waals surface area contributed by atoms with E-state index in [9.17, 15) is 14.4 Å². The van der Waals surface area contributed by atoms with Crippen molar-refractivity contribution in [2.75, 3.05) is 19.0 Å². The Hall–Kier alpha value is -2.98. The van der Waals surface area contributed by atoms with Crippen molar-refractivity contribution in [3.8, 4) is 11.5 Å². The number of hydrogen-bond donors (Lipinski definition) is 1. The SMILES string of the molecule is COc1ccccc1NC(=O)CN1C(=O)S/C(=C/c2ccc(OCc3ccc(Cl)cc3Cl)c(Br)c2)C1=O. The average Bonchev–Trinajstić information content (AvgIpc) is 3.12. The zero-order valence-corrected chi connectivity index (χ0v) is 23.2. The third-order valence-electron chi connectivity index (χ3n) is 5.21. The van der Waals surface area contributed by atoms with Crippen LogP contribution in [0.15, 0.2) is 70.0 Å². The van der Waals surface area contributed by atoms with E-state index in [2.05, 4.69) is 21.2 Å². The fraction of sp³-hybridized carbons (Fsp3) is 0.115. The standard InChI is InChI=1S/C26H19BrCl2N2O5S/c1-35-22-5-3-2-4-20(22)30-24(32)13-31-25(33)23(37-26(31)34)11-15-6-9-21(18(27)10-15)36-14-16-7-8-17(28)12-19(16)29/h2-12H,13-14H2,1H3,(H,30,32)/b23-11+. The van der Waals surface area contributed by atoms with Crippen molar-refractivity contribution < 1.29 is 23.9 Å². The molecule has 1 heterocycles. The summed E-state index contributed by atoms with van der Waals surface area (Å²) in [6.45, 7) is -0.173. The van der Waals surface area contributed by atoms with Crippen LogP contribution in [0.5, 0.6) is 11.5 Å². The van der Waals surface area contributed by atoms with Gasteiger partial charge in [0.1, 0.15) is 24.7 Å². The van der Waals surface area contributed by atoms with Crippen LogP contribution in [0.4, 0.5) is 10.5 Å². The summed E-state index contributed by atoms with van der Waals surface area (Å²) < 4.78 is 11.7. The molecule has 0 aliphatic carbocycles. The predicted octanol–water partition coefficient (Wildman–Crippen LogP) is 7.02. The number of hydrogen-bond acceptors (Lipinski definition) is 6. The molecule has 4 rings (SSSR count). The van der Waals surface area contributed by atoms with Crippen molar-refractivity contribution in [2.24, 2.45) is 0 Å². The van der Waals surface area contributed by atoms with E-state index in [1.54, 1.807) is 66.7 Å². The lowest BCUT2D eigenvalue weighted by Gasteiger charge is -2.14. The molecule has 0 spiro atoms. The van der Waals surface area contributed by atoms with Gasteiger partial charge in [-0.05, 0) is 75.7 Å². The van der Waals surface area contributed by atoms with Crippen molar-refractivity contribution in [3.05, 3.63) is 91.2 Å². The van der Waals surface area contributed by atoms with Gasteiger partial charge in [-0.25, -0.2) is 0 Å². The van der Waals surface area contributed by atoms with Crippen LogP contribution in [0.2, 0.25) is 10.0 Å². The van der Waals surface area contributed by atoms with Gasteiger partial charge in [0, 0.05) is 15.6 Å². The van der Waals surface area contributed by atoms with Crippen LogP contribution in [0.1, 0.15) is 11.1 Å². The molecule has 3 amide bonds. The molecule has 190 valence electrons. The minimum atomic E-state index is -0.543. The van der Waals surface area contributed by atoms with Crippen molar-refractivity contribution in [1.82, 2.24) is 4.90 Å². The Morgan fingerprint density at radius 3 is 2.59 bits per heavy atom. The van der Waals surface area contributed by atoms with Gasteiger partial charge in [0.15, 0.2) is 0 Å². The van der Waals surface area contributed by atoms with Gasteiger partial charge in [0.05, 0.1) is 22.2 Å². The van der Waals surface area contributed by atoms with E-state index in [0.29, 0.717) is 37.3 Å². The third kappa shape index (κ3) is 6.67. The molecular formula is C26H19BrCl2N2O5S. The molecule has 11 heteroatoms.